The molecule has 1 atom stereocenters. The van der Waals surface area contributed by atoms with E-state index in [0.717, 1.165) is 12.2 Å². The summed E-state index contributed by atoms with van der Waals surface area (Å²) in [6.07, 6.45) is 3.99. The lowest BCUT2D eigenvalue weighted by Crippen LogP contribution is -2.60. The molecule has 1 saturated heterocycles. The van der Waals surface area contributed by atoms with Crippen molar-refractivity contribution in [2.24, 2.45) is 0 Å². The quantitative estimate of drug-likeness (QED) is 0.523. The molecule has 8 heteroatoms. The zero-order chi connectivity index (χ0) is 16.4. The summed E-state index contributed by atoms with van der Waals surface area (Å²) in [6, 6.07) is 13.9. The van der Waals surface area contributed by atoms with Crippen molar-refractivity contribution in [3.05, 3.63) is 60.4 Å². The van der Waals surface area contributed by atoms with Crippen LogP contribution in [0.1, 0.15) is 5.56 Å². The van der Waals surface area contributed by atoms with Gasteiger partial charge in [0.15, 0.2) is 18.9 Å². The molecule has 1 fully saturated rings. The number of H-pyrrole nitrogens is 1. The minimum atomic E-state index is -0.256. The number of hydrogen-bond donors (Lipinski definition) is 2. The number of nitrogens with one attached hydrogen (secondary N) is 2. The summed E-state index contributed by atoms with van der Waals surface area (Å²) in [5.74, 6) is 0.254. The molecule has 24 heavy (non-hydrogen) atoms. The predicted molar refractivity (Wildman–Crippen MR) is 86.1 cm³/mol. The molecule has 2 N–H and O–H groups in total. The van der Waals surface area contributed by atoms with Gasteiger partial charge in [-0.1, -0.05) is 35.4 Å². The van der Waals surface area contributed by atoms with Crippen LogP contribution < -0.4 is 14.8 Å². The van der Waals surface area contributed by atoms with Gasteiger partial charge in [0.2, 0.25) is 0 Å². The molecule has 0 bridgehead atoms. The van der Waals surface area contributed by atoms with Crippen LogP contribution in [0.3, 0.4) is 0 Å². The standard InChI is InChI=1S/C16H15N7O/c24-15-14(11-23(15)16-18-20-21-19-16)17-13-6-8-22(9-7-13)10-12-4-2-1-3-5-12/h1-9,14H,10-11H2,(H,18,19,20,21)/p+1/t14-/m0/s1. The van der Waals surface area contributed by atoms with Gasteiger partial charge in [0.1, 0.15) is 6.04 Å². The summed E-state index contributed by atoms with van der Waals surface area (Å²) in [6.45, 7) is 1.34. The number of pyridine rings is 1. The Labute approximate surface area is 138 Å². The normalized spacial score (nSPS) is 16.8. The Kier molecular flexibility index (Phi) is 3.62. The van der Waals surface area contributed by atoms with Crippen molar-refractivity contribution in [2.45, 2.75) is 12.6 Å². The lowest BCUT2D eigenvalue weighted by molar-refractivity contribution is -0.688. The average molecular weight is 322 g/mol. The fraction of sp³-hybridized carbons (Fsp3) is 0.188. The van der Waals surface area contributed by atoms with Crippen LogP contribution in [0.4, 0.5) is 11.6 Å². The monoisotopic (exact) mass is 322 g/mol. The maximum Gasteiger partial charge on any atom is 0.272 e. The lowest BCUT2D eigenvalue weighted by Gasteiger charge is -2.36. The van der Waals surface area contributed by atoms with Gasteiger partial charge in [-0.25, -0.2) is 4.57 Å². The lowest BCUT2D eigenvalue weighted by atomic mass is 10.1. The second-order valence-corrected chi connectivity index (χ2v) is 5.60. The maximum atomic E-state index is 12.1. The van der Waals surface area contributed by atoms with Gasteiger partial charge >= 0.3 is 0 Å². The first-order valence-electron chi connectivity index (χ1n) is 7.64. The van der Waals surface area contributed by atoms with Crippen LogP contribution in [0.15, 0.2) is 54.9 Å². The molecular formula is C16H16N7O+. The third-order valence-electron chi connectivity index (χ3n) is 3.94. The number of tetrazole rings is 1. The summed E-state index contributed by atoms with van der Waals surface area (Å²) >= 11 is 0. The number of carbonyl (C=O) groups is 1. The summed E-state index contributed by atoms with van der Waals surface area (Å²) in [7, 11) is 0. The zero-order valence-corrected chi connectivity index (χ0v) is 12.8. The first-order chi connectivity index (χ1) is 11.8. The van der Waals surface area contributed by atoms with Crippen LogP contribution in [0, 0.1) is 0 Å². The third kappa shape index (κ3) is 2.81. The van der Waals surface area contributed by atoms with Gasteiger partial charge in [-0.2, -0.15) is 5.21 Å². The summed E-state index contributed by atoms with van der Waals surface area (Å²) in [4.78, 5) is 13.6. The molecular weight excluding hydrogens is 306 g/mol. The molecule has 2 aromatic heterocycles. The van der Waals surface area contributed by atoms with Gasteiger partial charge in [-0.3, -0.25) is 9.69 Å². The second-order valence-electron chi connectivity index (χ2n) is 5.60. The highest BCUT2D eigenvalue weighted by Gasteiger charge is 2.39. The number of amides is 1. The highest BCUT2D eigenvalue weighted by Crippen LogP contribution is 2.19. The Morgan fingerprint density at radius 1 is 1.21 bits per heavy atom. The Morgan fingerprint density at radius 3 is 2.67 bits per heavy atom. The number of aromatic nitrogens is 5. The SMILES string of the molecule is O=C1[C@@H](Nc2cc[n+](Cc3ccccc3)cc2)CN1c1nn[nH]n1. The average Bonchev–Trinajstić information content (AvgIpc) is 3.14. The van der Waals surface area contributed by atoms with E-state index in [1.165, 1.54) is 10.5 Å². The van der Waals surface area contributed by atoms with Crippen LogP contribution in [-0.2, 0) is 11.3 Å². The fourth-order valence-electron chi connectivity index (χ4n) is 2.64. The van der Waals surface area contributed by atoms with Gasteiger partial charge in [0, 0.05) is 23.4 Å². The molecule has 3 heterocycles. The van der Waals surface area contributed by atoms with Crippen LogP contribution in [0.5, 0.6) is 0 Å². The van der Waals surface area contributed by atoms with E-state index in [1.54, 1.807) is 0 Å². The van der Waals surface area contributed by atoms with E-state index in [0.29, 0.717) is 12.5 Å². The number of β-lactam (4-membered cyclic amide) rings is 1. The Hall–Kier alpha value is -3.29. The largest absolute Gasteiger partial charge is 0.372 e. The molecule has 0 saturated carbocycles. The number of rotatable bonds is 5. The van der Waals surface area contributed by atoms with E-state index in [9.17, 15) is 4.79 Å². The molecule has 3 aromatic rings. The van der Waals surface area contributed by atoms with Crippen molar-refractivity contribution in [3.8, 4) is 0 Å². The summed E-state index contributed by atoms with van der Waals surface area (Å²) < 4.78 is 2.09. The fourth-order valence-corrected chi connectivity index (χ4v) is 2.64. The van der Waals surface area contributed by atoms with Gasteiger partial charge in [0.25, 0.3) is 11.9 Å². The Morgan fingerprint density at radius 2 is 2.00 bits per heavy atom. The maximum absolute atomic E-state index is 12.1. The minimum absolute atomic E-state index is 0.0579. The van der Waals surface area contributed by atoms with E-state index in [2.05, 4.69) is 42.6 Å². The molecule has 4 rings (SSSR count). The van der Waals surface area contributed by atoms with Crippen LogP contribution in [0.2, 0.25) is 0 Å². The van der Waals surface area contributed by atoms with E-state index >= 15 is 0 Å². The van der Waals surface area contributed by atoms with Crippen molar-refractivity contribution < 1.29 is 9.36 Å². The van der Waals surface area contributed by atoms with E-state index in [-0.39, 0.29) is 11.9 Å². The van der Waals surface area contributed by atoms with E-state index in [1.807, 2.05) is 42.7 Å². The van der Waals surface area contributed by atoms with Crippen molar-refractivity contribution in [1.82, 2.24) is 20.6 Å². The number of hydrogen-bond acceptors (Lipinski definition) is 5. The number of nitrogens with zero attached hydrogens (tertiary/aromatic N) is 5. The third-order valence-corrected chi connectivity index (χ3v) is 3.94. The molecule has 1 amide bonds. The number of benzene rings is 1. The van der Waals surface area contributed by atoms with Crippen LogP contribution >= 0.6 is 0 Å². The topological polar surface area (TPSA) is 90.7 Å². The highest BCUT2D eigenvalue weighted by atomic mass is 16.2. The number of anilines is 2. The van der Waals surface area contributed by atoms with E-state index < -0.39 is 0 Å². The van der Waals surface area contributed by atoms with Gasteiger partial charge < -0.3 is 5.32 Å². The molecule has 8 nitrogen and oxygen atoms in total. The second kappa shape index (κ2) is 6.07. The molecule has 1 aromatic carbocycles. The number of carbonyl (C=O) groups excluding carboxylic acids is 1. The molecule has 120 valence electrons. The molecule has 0 unspecified atom stereocenters. The van der Waals surface area contributed by atoms with Crippen LogP contribution in [0.25, 0.3) is 0 Å². The molecule has 1 aliphatic rings. The van der Waals surface area contributed by atoms with Crippen molar-refractivity contribution in [1.29, 1.82) is 0 Å². The van der Waals surface area contributed by atoms with Crippen molar-refractivity contribution in [2.75, 3.05) is 16.8 Å². The summed E-state index contributed by atoms with van der Waals surface area (Å²) in [5, 5.41) is 16.6. The Bertz CT molecular complexity index is 817. The molecule has 0 radical (unpaired) electrons. The summed E-state index contributed by atoms with van der Waals surface area (Å²) in [5.41, 5.74) is 2.15. The molecule has 0 spiro atoms. The van der Waals surface area contributed by atoms with Gasteiger partial charge in [-0.05, 0) is 5.21 Å². The van der Waals surface area contributed by atoms with Crippen LogP contribution in [-0.4, -0.2) is 39.1 Å². The highest BCUT2D eigenvalue weighted by molar-refractivity contribution is 6.04. The first kappa shape index (κ1) is 14.3. The van der Waals surface area contributed by atoms with Gasteiger partial charge in [-0.15, -0.1) is 5.10 Å². The molecule has 1 aliphatic heterocycles. The molecule has 0 aliphatic carbocycles. The number of aromatic amines is 1. The van der Waals surface area contributed by atoms with Gasteiger partial charge in [0.05, 0.1) is 6.54 Å². The zero-order valence-electron chi connectivity index (χ0n) is 12.8. The minimum Gasteiger partial charge on any atom is -0.372 e. The smallest absolute Gasteiger partial charge is 0.272 e. The van der Waals surface area contributed by atoms with E-state index in [4.69, 9.17) is 0 Å². The first-order valence-corrected chi connectivity index (χ1v) is 7.64. The Balaban J connectivity index is 1.36. The van der Waals surface area contributed by atoms with Crippen molar-refractivity contribution >= 4 is 17.5 Å². The van der Waals surface area contributed by atoms with Crippen molar-refractivity contribution in [3.63, 3.8) is 0 Å². The predicted octanol–water partition coefficient (Wildman–Crippen LogP) is 0.363.